The lowest BCUT2D eigenvalue weighted by atomic mass is 10.1. The summed E-state index contributed by atoms with van der Waals surface area (Å²) in [6.45, 7) is 2.12. The number of aromatic amines is 1. The molecule has 2 aliphatic heterocycles. The van der Waals surface area contributed by atoms with Crippen molar-refractivity contribution >= 4 is 5.91 Å². The molecule has 7 heteroatoms. The maximum atomic E-state index is 12.8. The van der Waals surface area contributed by atoms with Crippen LogP contribution in [0.3, 0.4) is 0 Å². The van der Waals surface area contributed by atoms with Crippen LogP contribution in [0.2, 0.25) is 0 Å². The Kier molecular flexibility index (Phi) is 4.42. The van der Waals surface area contributed by atoms with Crippen molar-refractivity contribution in [1.82, 2.24) is 9.88 Å². The molecule has 0 unspecified atom stereocenters. The Morgan fingerprint density at radius 3 is 2.76 bits per heavy atom. The van der Waals surface area contributed by atoms with Crippen LogP contribution in [0.5, 0.6) is 0 Å². The molecular weight excluding hydrogens is 324 g/mol. The third-order valence-electron chi connectivity index (χ3n) is 4.69. The van der Waals surface area contributed by atoms with Crippen LogP contribution >= 0.6 is 0 Å². The topological polar surface area (TPSA) is 84.8 Å². The molecule has 0 aliphatic carbocycles. The molecule has 2 aromatic heterocycles. The predicted molar refractivity (Wildman–Crippen MR) is 89.4 cm³/mol. The van der Waals surface area contributed by atoms with E-state index >= 15 is 0 Å². The number of rotatable bonds is 3. The van der Waals surface area contributed by atoms with E-state index in [2.05, 4.69) is 4.98 Å². The number of furan rings is 1. The summed E-state index contributed by atoms with van der Waals surface area (Å²) in [6.07, 6.45) is 3.42. The number of hydrogen-bond donors (Lipinski definition) is 1. The number of morpholine rings is 1. The van der Waals surface area contributed by atoms with Crippen LogP contribution in [0.1, 0.15) is 23.2 Å². The molecule has 132 valence electrons. The van der Waals surface area contributed by atoms with Crippen molar-refractivity contribution < 1.29 is 18.7 Å². The summed E-state index contributed by atoms with van der Waals surface area (Å²) in [5.41, 5.74) is 0.258. The summed E-state index contributed by atoms with van der Waals surface area (Å²) in [5.74, 6) is 0.277. The molecule has 4 heterocycles. The van der Waals surface area contributed by atoms with Gasteiger partial charge in [0, 0.05) is 19.7 Å². The van der Waals surface area contributed by atoms with Gasteiger partial charge in [-0.05, 0) is 37.1 Å². The lowest BCUT2D eigenvalue weighted by Gasteiger charge is -2.35. The SMILES string of the molecule is O=C(c1ccc(-c2ccco2)[nH]c1=O)N1CCO[C@H]([C@@H]2CCCO2)C1. The van der Waals surface area contributed by atoms with Crippen LogP contribution in [0.25, 0.3) is 11.5 Å². The highest BCUT2D eigenvalue weighted by Gasteiger charge is 2.33. The average Bonchev–Trinajstić information content (AvgIpc) is 3.35. The maximum Gasteiger partial charge on any atom is 0.261 e. The highest BCUT2D eigenvalue weighted by molar-refractivity contribution is 5.94. The fourth-order valence-corrected chi connectivity index (χ4v) is 3.37. The lowest BCUT2D eigenvalue weighted by molar-refractivity contribution is -0.0868. The van der Waals surface area contributed by atoms with Gasteiger partial charge in [-0.1, -0.05) is 0 Å². The molecular formula is C18H20N2O5. The summed E-state index contributed by atoms with van der Waals surface area (Å²) >= 11 is 0. The van der Waals surface area contributed by atoms with E-state index in [4.69, 9.17) is 13.9 Å². The Bertz CT molecular complexity index is 792. The number of carbonyl (C=O) groups excluding carboxylic acids is 1. The quantitative estimate of drug-likeness (QED) is 0.915. The van der Waals surface area contributed by atoms with Crippen molar-refractivity contribution in [2.45, 2.75) is 25.0 Å². The van der Waals surface area contributed by atoms with Gasteiger partial charge in [0.1, 0.15) is 17.4 Å². The fraction of sp³-hybridized carbons (Fsp3) is 0.444. The normalized spacial score (nSPS) is 23.8. The first-order valence-electron chi connectivity index (χ1n) is 8.52. The molecule has 0 radical (unpaired) electrons. The second-order valence-corrected chi connectivity index (χ2v) is 6.30. The van der Waals surface area contributed by atoms with Crippen LogP contribution in [0.4, 0.5) is 0 Å². The monoisotopic (exact) mass is 344 g/mol. The Morgan fingerprint density at radius 2 is 2.04 bits per heavy atom. The minimum atomic E-state index is -0.418. The Morgan fingerprint density at radius 1 is 1.16 bits per heavy atom. The molecule has 7 nitrogen and oxygen atoms in total. The minimum absolute atomic E-state index is 0.0372. The minimum Gasteiger partial charge on any atom is -0.463 e. The van der Waals surface area contributed by atoms with Gasteiger partial charge in [-0.2, -0.15) is 0 Å². The molecule has 1 N–H and O–H groups in total. The van der Waals surface area contributed by atoms with Gasteiger partial charge >= 0.3 is 0 Å². The van der Waals surface area contributed by atoms with E-state index in [0.717, 1.165) is 19.4 Å². The Hall–Kier alpha value is -2.38. The van der Waals surface area contributed by atoms with Crippen LogP contribution < -0.4 is 5.56 Å². The number of pyridine rings is 1. The highest BCUT2D eigenvalue weighted by atomic mass is 16.5. The van der Waals surface area contributed by atoms with Gasteiger partial charge in [-0.3, -0.25) is 9.59 Å². The molecule has 4 rings (SSSR count). The zero-order chi connectivity index (χ0) is 17.2. The molecule has 2 aromatic rings. The van der Waals surface area contributed by atoms with E-state index in [1.54, 1.807) is 29.2 Å². The van der Waals surface area contributed by atoms with Crippen molar-refractivity contribution in [3.63, 3.8) is 0 Å². The van der Waals surface area contributed by atoms with Gasteiger partial charge in [-0.15, -0.1) is 0 Å². The van der Waals surface area contributed by atoms with E-state index in [1.165, 1.54) is 6.26 Å². The van der Waals surface area contributed by atoms with E-state index in [0.29, 0.717) is 31.2 Å². The Labute approximate surface area is 144 Å². The number of amides is 1. The molecule has 0 saturated carbocycles. The fourth-order valence-electron chi connectivity index (χ4n) is 3.37. The summed E-state index contributed by atoms with van der Waals surface area (Å²) in [5, 5.41) is 0. The van der Waals surface area contributed by atoms with E-state index in [1.807, 2.05) is 0 Å². The van der Waals surface area contributed by atoms with E-state index < -0.39 is 5.56 Å². The molecule has 0 aromatic carbocycles. The zero-order valence-corrected chi connectivity index (χ0v) is 13.8. The number of H-pyrrole nitrogens is 1. The predicted octanol–water partition coefficient (Wildman–Crippen LogP) is 1.65. The van der Waals surface area contributed by atoms with Gasteiger partial charge in [0.25, 0.3) is 11.5 Å². The second kappa shape index (κ2) is 6.85. The largest absolute Gasteiger partial charge is 0.463 e. The summed E-state index contributed by atoms with van der Waals surface area (Å²) in [7, 11) is 0. The van der Waals surface area contributed by atoms with E-state index in [-0.39, 0.29) is 23.7 Å². The first-order chi connectivity index (χ1) is 12.2. The highest BCUT2D eigenvalue weighted by Crippen LogP contribution is 2.22. The second-order valence-electron chi connectivity index (χ2n) is 6.30. The first kappa shape index (κ1) is 16.1. The number of aromatic nitrogens is 1. The molecule has 2 fully saturated rings. The summed E-state index contributed by atoms with van der Waals surface area (Å²) in [6, 6.07) is 6.73. The van der Waals surface area contributed by atoms with Crippen LogP contribution in [-0.2, 0) is 9.47 Å². The molecule has 2 atom stereocenters. The molecule has 25 heavy (non-hydrogen) atoms. The van der Waals surface area contributed by atoms with Crippen molar-refractivity contribution in [3.05, 3.63) is 46.4 Å². The van der Waals surface area contributed by atoms with Crippen LogP contribution in [0, 0.1) is 0 Å². The summed E-state index contributed by atoms with van der Waals surface area (Å²) in [4.78, 5) is 29.5. The van der Waals surface area contributed by atoms with Gasteiger partial charge in [-0.25, -0.2) is 0 Å². The van der Waals surface area contributed by atoms with E-state index in [9.17, 15) is 9.59 Å². The number of hydrogen-bond acceptors (Lipinski definition) is 5. The smallest absolute Gasteiger partial charge is 0.261 e. The Balaban J connectivity index is 1.51. The van der Waals surface area contributed by atoms with Crippen molar-refractivity contribution in [2.24, 2.45) is 0 Å². The van der Waals surface area contributed by atoms with Gasteiger partial charge in [0.05, 0.1) is 24.7 Å². The maximum absolute atomic E-state index is 12.8. The average molecular weight is 344 g/mol. The summed E-state index contributed by atoms with van der Waals surface area (Å²) < 4.78 is 16.7. The number of ether oxygens (including phenoxy) is 2. The lowest BCUT2D eigenvalue weighted by Crippen LogP contribution is -2.50. The van der Waals surface area contributed by atoms with Crippen molar-refractivity contribution in [2.75, 3.05) is 26.3 Å². The van der Waals surface area contributed by atoms with Gasteiger partial charge in [0.2, 0.25) is 0 Å². The standard InChI is InChI=1S/C18H20N2O5/c21-17-12(5-6-13(19-17)14-3-1-8-23-14)18(22)20-7-10-25-16(11-20)15-4-2-9-24-15/h1,3,5-6,8,15-16H,2,4,7,9-11H2,(H,19,21)/t15-,16-/m0/s1. The molecule has 2 aliphatic rings. The van der Waals surface area contributed by atoms with Crippen LogP contribution in [-0.4, -0.2) is 54.3 Å². The molecule has 0 bridgehead atoms. The van der Waals surface area contributed by atoms with Gasteiger partial charge in [0.15, 0.2) is 0 Å². The molecule has 0 spiro atoms. The first-order valence-corrected chi connectivity index (χ1v) is 8.52. The van der Waals surface area contributed by atoms with Crippen molar-refractivity contribution in [3.8, 4) is 11.5 Å². The third kappa shape index (κ3) is 3.25. The van der Waals surface area contributed by atoms with Crippen LogP contribution in [0.15, 0.2) is 39.7 Å². The van der Waals surface area contributed by atoms with Crippen molar-refractivity contribution in [1.29, 1.82) is 0 Å². The molecule has 2 saturated heterocycles. The third-order valence-corrected chi connectivity index (χ3v) is 4.69. The number of nitrogens with one attached hydrogen (secondary N) is 1. The zero-order valence-electron chi connectivity index (χ0n) is 13.8. The number of carbonyl (C=O) groups is 1. The number of nitrogens with zero attached hydrogens (tertiary/aromatic N) is 1. The molecule has 1 amide bonds. The van der Waals surface area contributed by atoms with Gasteiger partial charge < -0.3 is 23.8 Å².